The number of imidazole rings is 1. The van der Waals surface area contributed by atoms with Crippen LogP contribution in [0.15, 0.2) is 54.7 Å². The van der Waals surface area contributed by atoms with E-state index < -0.39 is 11.9 Å². The fourth-order valence-corrected chi connectivity index (χ4v) is 2.80. The number of nitrogens with zero attached hydrogens (tertiary/aromatic N) is 2. The number of hydrogen-bond donors (Lipinski definition) is 3. The number of ether oxygens (including phenoxy) is 1. The molecule has 3 N–H and O–H groups in total. The standard InChI is InChI=1S/C21H25N3O.C2H2O4/c1-4-16-6-8-17(9-7-16)14-22-21-23-15-20(24(21)3)18-10-12-19(13-11-18)25-5-2;3-1(4)2(5)6/h6-13,15H,4-5,14H2,1-3H3,(H,22,23);(H,3,4)(H,5,6). The predicted octanol–water partition coefficient (Wildman–Crippen LogP) is 3.82. The highest BCUT2D eigenvalue weighted by molar-refractivity contribution is 6.27. The first-order valence-electron chi connectivity index (χ1n) is 9.88. The van der Waals surface area contributed by atoms with Gasteiger partial charge in [-0.25, -0.2) is 14.6 Å². The number of benzene rings is 2. The maximum Gasteiger partial charge on any atom is 0.414 e. The van der Waals surface area contributed by atoms with Gasteiger partial charge >= 0.3 is 11.9 Å². The lowest BCUT2D eigenvalue weighted by molar-refractivity contribution is -0.159. The van der Waals surface area contributed by atoms with Crippen molar-refractivity contribution in [3.63, 3.8) is 0 Å². The van der Waals surface area contributed by atoms with Crippen molar-refractivity contribution in [3.8, 4) is 17.0 Å². The van der Waals surface area contributed by atoms with E-state index in [1.54, 1.807) is 0 Å². The number of carboxylic acids is 2. The molecule has 0 aliphatic rings. The summed E-state index contributed by atoms with van der Waals surface area (Å²) >= 11 is 0. The van der Waals surface area contributed by atoms with Crippen LogP contribution in [0.1, 0.15) is 25.0 Å². The zero-order valence-electron chi connectivity index (χ0n) is 17.8. The zero-order valence-corrected chi connectivity index (χ0v) is 17.8. The molecule has 0 saturated heterocycles. The molecule has 0 amide bonds. The number of aromatic nitrogens is 2. The van der Waals surface area contributed by atoms with E-state index >= 15 is 0 Å². The van der Waals surface area contributed by atoms with Crippen LogP contribution in [-0.4, -0.2) is 38.3 Å². The number of aliphatic carboxylic acids is 2. The van der Waals surface area contributed by atoms with Crippen molar-refractivity contribution in [1.29, 1.82) is 0 Å². The number of carbonyl (C=O) groups is 2. The Balaban J connectivity index is 0.000000501. The van der Waals surface area contributed by atoms with Gasteiger partial charge in [0.25, 0.3) is 0 Å². The average Bonchev–Trinajstić information content (AvgIpc) is 3.14. The molecule has 0 radical (unpaired) electrons. The highest BCUT2D eigenvalue weighted by Crippen LogP contribution is 2.24. The van der Waals surface area contributed by atoms with Crippen molar-refractivity contribution in [2.45, 2.75) is 26.8 Å². The van der Waals surface area contributed by atoms with Crippen LogP contribution in [0.2, 0.25) is 0 Å². The van der Waals surface area contributed by atoms with Gasteiger partial charge in [0.05, 0.1) is 18.5 Å². The summed E-state index contributed by atoms with van der Waals surface area (Å²) in [5, 5.41) is 18.2. The third-order valence-corrected chi connectivity index (χ3v) is 4.51. The molecule has 31 heavy (non-hydrogen) atoms. The van der Waals surface area contributed by atoms with Crippen molar-refractivity contribution in [2.75, 3.05) is 11.9 Å². The molecule has 0 spiro atoms. The van der Waals surface area contributed by atoms with E-state index in [2.05, 4.69) is 58.2 Å². The van der Waals surface area contributed by atoms with E-state index in [0.717, 1.165) is 35.9 Å². The Bertz CT molecular complexity index is 983. The number of rotatable bonds is 7. The molecule has 0 bridgehead atoms. The minimum atomic E-state index is -1.82. The monoisotopic (exact) mass is 425 g/mol. The second kappa shape index (κ2) is 11.4. The molecule has 1 aromatic heterocycles. The van der Waals surface area contributed by atoms with Crippen molar-refractivity contribution < 1.29 is 24.5 Å². The van der Waals surface area contributed by atoms with Crippen LogP contribution in [0.3, 0.4) is 0 Å². The quantitative estimate of drug-likeness (QED) is 0.493. The lowest BCUT2D eigenvalue weighted by Crippen LogP contribution is -2.09. The minimum absolute atomic E-state index is 0.679. The van der Waals surface area contributed by atoms with Gasteiger partial charge < -0.3 is 24.8 Å². The van der Waals surface area contributed by atoms with E-state index in [4.69, 9.17) is 24.5 Å². The Morgan fingerprint density at radius 2 is 1.55 bits per heavy atom. The van der Waals surface area contributed by atoms with Crippen molar-refractivity contribution in [1.82, 2.24) is 9.55 Å². The summed E-state index contributed by atoms with van der Waals surface area (Å²) in [6, 6.07) is 16.8. The Morgan fingerprint density at radius 1 is 0.968 bits per heavy atom. The Hall–Kier alpha value is -3.81. The summed E-state index contributed by atoms with van der Waals surface area (Å²) < 4.78 is 7.58. The molecule has 2 aromatic carbocycles. The number of carboxylic acid groups (broad SMARTS) is 2. The van der Waals surface area contributed by atoms with Gasteiger partial charge in [0, 0.05) is 19.2 Å². The molecule has 8 nitrogen and oxygen atoms in total. The molecule has 0 saturated carbocycles. The third kappa shape index (κ3) is 6.88. The molecule has 0 aliphatic heterocycles. The second-order valence-corrected chi connectivity index (χ2v) is 6.62. The number of nitrogens with one attached hydrogen (secondary N) is 1. The van der Waals surface area contributed by atoms with E-state index in [1.165, 1.54) is 11.1 Å². The van der Waals surface area contributed by atoms with E-state index in [-0.39, 0.29) is 0 Å². The first-order valence-corrected chi connectivity index (χ1v) is 9.88. The number of hydrogen-bond acceptors (Lipinski definition) is 5. The molecule has 3 aromatic rings. The fraction of sp³-hybridized carbons (Fsp3) is 0.261. The first-order chi connectivity index (χ1) is 14.8. The molecule has 1 heterocycles. The summed E-state index contributed by atoms with van der Waals surface area (Å²) in [6.45, 7) is 5.60. The van der Waals surface area contributed by atoms with Gasteiger partial charge in [-0.1, -0.05) is 31.2 Å². The van der Waals surface area contributed by atoms with Crippen LogP contribution in [0, 0.1) is 0 Å². The highest BCUT2D eigenvalue weighted by atomic mass is 16.5. The van der Waals surface area contributed by atoms with Gasteiger partial charge in [-0.3, -0.25) is 0 Å². The maximum atomic E-state index is 9.10. The van der Waals surface area contributed by atoms with Gasteiger partial charge in [0.15, 0.2) is 0 Å². The summed E-state index contributed by atoms with van der Waals surface area (Å²) in [7, 11) is 2.03. The van der Waals surface area contributed by atoms with E-state index in [9.17, 15) is 0 Å². The van der Waals surface area contributed by atoms with Gasteiger partial charge in [-0.15, -0.1) is 0 Å². The third-order valence-electron chi connectivity index (χ3n) is 4.51. The Labute approximate surface area is 181 Å². The summed E-state index contributed by atoms with van der Waals surface area (Å²) in [4.78, 5) is 22.7. The number of aryl methyl sites for hydroxylation is 1. The van der Waals surface area contributed by atoms with Crippen molar-refractivity contribution in [2.24, 2.45) is 7.05 Å². The maximum absolute atomic E-state index is 9.10. The molecule has 3 rings (SSSR count). The fourth-order valence-electron chi connectivity index (χ4n) is 2.80. The summed E-state index contributed by atoms with van der Waals surface area (Å²) in [5.74, 6) is -1.89. The average molecular weight is 425 g/mol. The molecular weight excluding hydrogens is 398 g/mol. The van der Waals surface area contributed by atoms with E-state index in [0.29, 0.717) is 6.61 Å². The molecule has 0 fully saturated rings. The Morgan fingerprint density at radius 3 is 2.06 bits per heavy atom. The molecule has 8 heteroatoms. The molecule has 0 atom stereocenters. The van der Waals surface area contributed by atoms with Gasteiger partial charge in [-0.2, -0.15) is 0 Å². The first kappa shape index (κ1) is 23.5. The highest BCUT2D eigenvalue weighted by Gasteiger charge is 2.08. The molecule has 164 valence electrons. The lowest BCUT2D eigenvalue weighted by atomic mass is 10.1. The second-order valence-electron chi connectivity index (χ2n) is 6.62. The van der Waals surface area contributed by atoms with Crippen molar-refractivity contribution in [3.05, 3.63) is 65.9 Å². The van der Waals surface area contributed by atoms with Crippen LogP contribution in [0.5, 0.6) is 5.75 Å². The molecule has 0 aliphatic carbocycles. The normalized spacial score (nSPS) is 10.0. The summed E-state index contributed by atoms with van der Waals surface area (Å²) in [5.41, 5.74) is 4.81. The van der Waals surface area contributed by atoms with Gasteiger partial charge in [-0.05, 0) is 48.7 Å². The zero-order chi connectivity index (χ0) is 22.8. The van der Waals surface area contributed by atoms with Crippen molar-refractivity contribution >= 4 is 17.9 Å². The topological polar surface area (TPSA) is 114 Å². The van der Waals surface area contributed by atoms with Crippen LogP contribution >= 0.6 is 0 Å². The van der Waals surface area contributed by atoms with Gasteiger partial charge in [0.2, 0.25) is 5.95 Å². The van der Waals surface area contributed by atoms with Crippen LogP contribution < -0.4 is 10.1 Å². The predicted molar refractivity (Wildman–Crippen MR) is 118 cm³/mol. The van der Waals surface area contributed by atoms with E-state index in [1.807, 2.05) is 32.3 Å². The van der Waals surface area contributed by atoms with Gasteiger partial charge in [0.1, 0.15) is 5.75 Å². The summed E-state index contributed by atoms with van der Waals surface area (Å²) in [6.07, 6.45) is 2.97. The van der Waals surface area contributed by atoms with Crippen LogP contribution in [0.25, 0.3) is 11.3 Å². The smallest absolute Gasteiger partial charge is 0.414 e. The molecule has 0 unspecified atom stereocenters. The Kier molecular flexibility index (Phi) is 8.63. The minimum Gasteiger partial charge on any atom is -0.494 e. The van der Waals surface area contributed by atoms with Crippen LogP contribution in [0.4, 0.5) is 5.95 Å². The number of anilines is 1. The lowest BCUT2D eigenvalue weighted by Gasteiger charge is -2.09. The largest absolute Gasteiger partial charge is 0.494 e. The van der Waals surface area contributed by atoms with Crippen LogP contribution in [-0.2, 0) is 29.6 Å². The molecular formula is C23H27N3O5. The SMILES string of the molecule is CCOc1ccc(-c2cnc(NCc3ccc(CC)cc3)n2C)cc1.O=C(O)C(=O)O.